The first-order valence-electron chi connectivity index (χ1n) is 14.6. The van der Waals surface area contributed by atoms with E-state index in [2.05, 4.69) is 108 Å². The normalized spacial score (nSPS) is 14.8. The van der Waals surface area contributed by atoms with Crippen LogP contribution >= 0.6 is 0 Å². The third-order valence-electron chi connectivity index (χ3n) is 7.62. The zero-order valence-electron chi connectivity index (χ0n) is 24.8. The standard InChI is InChI=1S/C35H46N4/c1-8-10-28(11-9-2)34-38-32(21-33(39-34)27-16-17-27)24(4)37-23(3)25-12-14-26(15-13-25)31-20-30(35(5,6)7)19-18-29(31)22-36/h10,12-15,18-21,23,27,37H,4,8-9,11,16-17,22,36H2,1-3,5-7H3/b28-10+. The highest BCUT2D eigenvalue weighted by molar-refractivity contribution is 5.69. The summed E-state index contributed by atoms with van der Waals surface area (Å²) in [6, 6.07) is 17.7. The molecule has 4 rings (SSSR count). The third kappa shape index (κ3) is 7.05. The average Bonchev–Trinajstić information content (AvgIpc) is 3.78. The van der Waals surface area contributed by atoms with Gasteiger partial charge in [-0.3, -0.25) is 0 Å². The van der Waals surface area contributed by atoms with Crippen molar-refractivity contribution < 1.29 is 0 Å². The van der Waals surface area contributed by atoms with E-state index in [1.165, 1.54) is 46.2 Å². The first kappa shape index (κ1) is 28.8. The number of rotatable bonds is 11. The van der Waals surface area contributed by atoms with Gasteiger partial charge >= 0.3 is 0 Å². The van der Waals surface area contributed by atoms with Gasteiger partial charge in [0, 0.05) is 24.2 Å². The summed E-state index contributed by atoms with van der Waals surface area (Å²) in [6.07, 6.45) is 7.76. The van der Waals surface area contributed by atoms with Crippen molar-refractivity contribution in [2.24, 2.45) is 5.73 Å². The zero-order chi connectivity index (χ0) is 28.2. The fourth-order valence-corrected chi connectivity index (χ4v) is 5.03. The van der Waals surface area contributed by atoms with Crippen molar-refractivity contribution in [3.05, 3.63) is 95.1 Å². The quantitative estimate of drug-likeness (QED) is 0.264. The van der Waals surface area contributed by atoms with Crippen LogP contribution in [0.5, 0.6) is 0 Å². The van der Waals surface area contributed by atoms with Crippen LogP contribution in [0.4, 0.5) is 0 Å². The Morgan fingerprint density at radius 2 is 1.79 bits per heavy atom. The molecule has 0 spiro atoms. The predicted molar refractivity (Wildman–Crippen MR) is 166 cm³/mol. The van der Waals surface area contributed by atoms with E-state index in [0.717, 1.165) is 42.2 Å². The summed E-state index contributed by atoms with van der Waals surface area (Å²) in [7, 11) is 0. The minimum Gasteiger partial charge on any atom is -0.377 e. The molecule has 0 amide bonds. The van der Waals surface area contributed by atoms with Crippen molar-refractivity contribution in [1.29, 1.82) is 0 Å². The van der Waals surface area contributed by atoms with Crippen LogP contribution in [-0.4, -0.2) is 9.97 Å². The number of hydrogen-bond donors (Lipinski definition) is 2. The van der Waals surface area contributed by atoms with Gasteiger partial charge in [0.25, 0.3) is 0 Å². The molecule has 1 aliphatic carbocycles. The van der Waals surface area contributed by atoms with E-state index >= 15 is 0 Å². The van der Waals surface area contributed by atoms with Crippen LogP contribution in [0.25, 0.3) is 22.4 Å². The number of allylic oxidation sites excluding steroid dienone is 2. The molecule has 39 heavy (non-hydrogen) atoms. The van der Waals surface area contributed by atoms with E-state index in [-0.39, 0.29) is 11.5 Å². The van der Waals surface area contributed by atoms with Crippen LogP contribution in [0.15, 0.2) is 61.2 Å². The summed E-state index contributed by atoms with van der Waals surface area (Å²) in [5.41, 5.74) is 16.4. The highest BCUT2D eigenvalue weighted by Crippen LogP contribution is 2.40. The maximum absolute atomic E-state index is 6.10. The SMILES string of the molecule is C=C(NC(C)c1ccc(-c2cc(C(C)(C)C)ccc2CN)cc1)c1cc(C2CC2)nc(/C(=C/CC)CCC)n1. The molecule has 206 valence electrons. The second kappa shape index (κ2) is 12.3. The van der Waals surface area contributed by atoms with Gasteiger partial charge in [-0.2, -0.15) is 0 Å². The number of nitrogens with two attached hydrogens (primary N) is 1. The Bertz CT molecular complexity index is 1320. The van der Waals surface area contributed by atoms with E-state index in [1.807, 2.05) is 0 Å². The topological polar surface area (TPSA) is 63.8 Å². The molecule has 1 aliphatic rings. The summed E-state index contributed by atoms with van der Waals surface area (Å²) < 4.78 is 0. The lowest BCUT2D eigenvalue weighted by Gasteiger charge is -2.22. The minimum atomic E-state index is 0.0878. The van der Waals surface area contributed by atoms with Gasteiger partial charge in [0.2, 0.25) is 0 Å². The Labute approximate surface area is 235 Å². The molecule has 0 aliphatic heterocycles. The smallest absolute Gasteiger partial charge is 0.155 e. The molecule has 4 heteroatoms. The predicted octanol–water partition coefficient (Wildman–Crippen LogP) is 8.69. The van der Waals surface area contributed by atoms with E-state index < -0.39 is 0 Å². The lowest BCUT2D eigenvalue weighted by molar-refractivity contribution is 0.590. The second-order valence-electron chi connectivity index (χ2n) is 12.0. The summed E-state index contributed by atoms with van der Waals surface area (Å²) in [4.78, 5) is 9.94. The molecule has 1 atom stereocenters. The maximum Gasteiger partial charge on any atom is 0.155 e. The molecule has 1 heterocycles. The van der Waals surface area contributed by atoms with Crippen molar-refractivity contribution in [3.63, 3.8) is 0 Å². The Balaban J connectivity index is 1.55. The second-order valence-corrected chi connectivity index (χ2v) is 12.0. The molecule has 3 N–H and O–H groups in total. The van der Waals surface area contributed by atoms with Gasteiger partial charge in [-0.1, -0.05) is 96.2 Å². The van der Waals surface area contributed by atoms with Gasteiger partial charge in [0.15, 0.2) is 5.82 Å². The number of nitrogens with zero attached hydrogens (tertiary/aromatic N) is 2. The van der Waals surface area contributed by atoms with Crippen molar-refractivity contribution in [3.8, 4) is 11.1 Å². The van der Waals surface area contributed by atoms with Crippen LogP contribution in [-0.2, 0) is 12.0 Å². The van der Waals surface area contributed by atoms with Crippen LogP contribution in [0.3, 0.4) is 0 Å². The van der Waals surface area contributed by atoms with Crippen LogP contribution in [0, 0.1) is 0 Å². The van der Waals surface area contributed by atoms with Crippen LogP contribution in [0.2, 0.25) is 0 Å². The largest absolute Gasteiger partial charge is 0.377 e. The van der Waals surface area contributed by atoms with E-state index in [0.29, 0.717) is 12.5 Å². The highest BCUT2D eigenvalue weighted by Gasteiger charge is 2.27. The highest BCUT2D eigenvalue weighted by atomic mass is 15.0. The van der Waals surface area contributed by atoms with E-state index in [1.54, 1.807) is 0 Å². The molecule has 0 bridgehead atoms. The van der Waals surface area contributed by atoms with Gasteiger partial charge in [-0.05, 0) is 77.5 Å². The molecular formula is C35H46N4. The molecule has 2 aromatic carbocycles. The average molecular weight is 523 g/mol. The monoisotopic (exact) mass is 522 g/mol. The molecule has 3 aromatic rings. The minimum absolute atomic E-state index is 0.0878. The fraction of sp³-hybridized carbons (Fsp3) is 0.429. The van der Waals surface area contributed by atoms with Crippen molar-refractivity contribution in [2.75, 3.05) is 0 Å². The van der Waals surface area contributed by atoms with Gasteiger partial charge in [-0.25, -0.2) is 9.97 Å². The molecule has 1 aromatic heterocycles. The molecule has 0 radical (unpaired) electrons. The lowest BCUT2D eigenvalue weighted by Crippen LogP contribution is -2.18. The Hall–Kier alpha value is -3.24. The summed E-state index contributed by atoms with van der Waals surface area (Å²) >= 11 is 0. The third-order valence-corrected chi connectivity index (χ3v) is 7.62. The summed E-state index contributed by atoms with van der Waals surface area (Å²) in [6.45, 7) is 18.2. The zero-order valence-corrected chi connectivity index (χ0v) is 24.8. The number of benzene rings is 2. The van der Waals surface area contributed by atoms with Gasteiger partial charge in [0.05, 0.1) is 11.4 Å². The summed E-state index contributed by atoms with van der Waals surface area (Å²) in [5.74, 6) is 1.43. The molecule has 4 nitrogen and oxygen atoms in total. The van der Waals surface area contributed by atoms with E-state index in [9.17, 15) is 0 Å². The number of nitrogens with one attached hydrogen (secondary N) is 1. The van der Waals surface area contributed by atoms with Crippen molar-refractivity contribution in [1.82, 2.24) is 15.3 Å². The van der Waals surface area contributed by atoms with E-state index in [4.69, 9.17) is 15.7 Å². The number of hydrogen-bond acceptors (Lipinski definition) is 4. The molecule has 0 saturated heterocycles. The molecule has 1 saturated carbocycles. The number of aromatic nitrogens is 2. The Morgan fingerprint density at radius 1 is 1.08 bits per heavy atom. The van der Waals surface area contributed by atoms with Crippen molar-refractivity contribution in [2.45, 2.75) is 97.6 Å². The molecular weight excluding hydrogens is 476 g/mol. The van der Waals surface area contributed by atoms with Crippen LogP contribution in [0.1, 0.15) is 120 Å². The first-order valence-corrected chi connectivity index (χ1v) is 14.6. The lowest BCUT2D eigenvalue weighted by atomic mass is 9.84. The fourth-order valence-electron chi connectivity index (χ4n) is 5.03. The Kier molecular flexibility index (Phi) is 9.07. The summed E-state index contributed by atoms with van der Waals surface area (Å²) in [5, 5.41) is 3.62. The van der Waals surface area contributed by atoms with Gasteiger partial charge in [-0.15, -0.1) is 0 Å². The van der Waals surface area contributed by atoms with Gasteiger partial charge < -0.3 is 11.1 Å². The van der Waals surface area contributed by atoms with Crippen molar-refractivity contribution >= 4 is 11.3 Å². The van der Waals surface area contributed by atoms with Crippen LogP contribution < -0.4 is 11.1 Å². The maximum atomic E-state index is 6.10. The first-order chi connectivity index (χ1) is 18.6. The molecule has 1 fully saturated rings. The van der Waals surface area contributed by atoms with Gasteiger partial charge in [0.1, 0.15) is 0 Å². The molecule has 1 unspecified atom stereocenters. The Morgan fingerprint density at radius 3 is 2.38 bits per heavy atom.